The number of aliphatic imine (C=N–C) groups is 1. The molecule has 0 aliphatic heterocycles. The van der Waals surface area contributed by atoms with Crippen LogP contribution in [0, 0.1) is 0 Å². The molecule has 5 heteroatoms. The van der Waals surface area contributed by atoms with Gasteiger partial charge in [-0.3, -0.25) is 4.99 Å². The Hall–Kier alpha value is -1.58. The second kappa shape index (κ2) is 5.38. The van der Waals surface area contributed by atoms with E-state index in [9.17, 15) is 0 Å². The van der Waals surface area contributed by atoms with Crippen LogP contribution in [-0.4, -0.2) is 18.8 Å². The highest BCUT2D eigenvalue weighted by Gasteiger charge is 2.11. The maximum Gasteiger partial charge on any atom is 0.213 e. The van der Waals surface area contributed by atoms with Gasteiger partial charge in [0.1, 0.15) is 0 Å². The van der Waals surface area contributed by atoms with Crippen LogP contribution in [0.25, 0.3) is 11.1 Å². The van der Waals surface area contributed by atoms with Gasteiger partial charge in [-0.25, -0.2) is 4.98 Å². The van der Waals surface area contributed by atoms with Gasteiger partial charge in [-0.15, -0.1) is 0 Å². The van der Waals surface area contributed by atoms with E-state index in [2.05, 4.69) is 16.7 Å². The molecule has 18 heavy (non-hydrogen) atoms. The van der Waals surface area contributed by atoms with Gasteiger partial charge in [0.2, 0.25) is 5.88 Å². The Morgan fingerprint density at radius 3 is 2.44 bits per heavy atom. The van der Waals surface area contributed by atoms with Crippen molar-refractivity contribution in [3.8, 4) is 17.0 Å². The lowest BCUT2D eigenvalue weighted by Crippen LogP contribution is -1.88. The highest BCUT2D eigenvalue weighted by molar-refractivity contribution is 6.39. The summed E-state index contributed by atoms with van der Waals surface area (Å²) >= 11 is 12.4. The maximum absolute atomic E-state index is 6.21. The van der Waals surface area contributed by atoms with Gasteiger partial charge in [0, 0.05) is 17.8 Å². The Balaban J connectivity index is 2.59. The molecule has 1 aromatic heterocycles. The summed E-state index contributed by atoms with van der Waals surface area (Å²) < 4.78 is 5.08. The molecule has 0 saturated heterocycles. The highest BCUT2D eigenvalue weighted by atomic mass is 35.5. The standard InChI is InChI=1S/C13H10Cl2N2O/c1-16-9-6-10(14)13(11(15)7-9)8-3-4-17-12(5-8)18-2/h3-7H,1H2,2H3. The zero-order valence-electron chi connectivity index (χ0n) is 9.65. The van der Waals surface area contributed by atoms with Gasteiger partial charge in [-0.1, -0.05) is 23.2 Å². The molecule has 0 fully saturated rings. The molecule has 0 radical (unpaired) electrons. The van der Waals surface area contributed by atoms with E-state index in [0.29, 0.717) is 21.6 Å². The first kappa shape index (κ1) is 12.9. The number of hydrogen-bond donors (Lipinski definition) is 0. The van der Waals surface area contributed by atoms with Gasteiger partial charge < -0.3 is 4.74 Å². The Kier molecular flexibility index (Phi) is 3.84. The molecule has 0 saturated carbocycles. The average molecular weight is 281 g/mol. The molecule has 0 atom stereocenters. The molecule has 0 amide bonds. The normalized spacial score (nSPS) is 10.2. The number of halogens is 2. The van der Waals surface area contributed by atoms with Crippen molar-refractivity contribution in [2.24, 2.45) is 4.99 Å². The van der Waals surface area contributed by atoms with Gasteiger partial charge in [0.15, 0.2) is 0 Å². The minimum absolute atomic E-state index is 0.505. The summed E-state index contributed by atoms with van der Waals surface area (Å²) in [7, 11) is 1.56. The Morgan fingerprint density at radius 1 is 1.22 bits per heavy atom. The Labute approximate surface area is 115 Å². The fraction of sp³-hybridized carbons (Fsp3) is 0.0769. The fourth-order valence-electron chi connectivity index (χ4n) is 1.60. The lowest BCUT2D eigenvalue weighted by Gasteiger charge is -2.09. The van der Waals surface area contributed by atoms with Crippen molar-refractivity contribution in [1.82, 2.24) is 4.98 Å². The highest BCUT2D eigenvalue weighted by Crippen LogP contribution is 2.38. The van der Waals surface area contributed by atoms with E-state index in [4.69, 9.17) is 27.9 Å². The molecule has 0 N–H and O–H groups in total. The van der Waals surface area contributed by atoms with Gasteiger partial charge in [0.05, 0.1) is 22.8 Å². The third-order valence-corrected chi connectivity index (χ3v) is 3.04. The van der Waals surface area contributed by atoms with Crippen LogP contribution in [0.5, 0.6) is 5.88 Å². The summed E-state index contributed by atoms with van der Waals surface area (Å²) in [6.07, 6.45) is 1.64. The average Bonchev–Trinajstić information content (AvgIpc) is 2.38. The first-order valence-corrected chi connectivity index (χ1v) is 5.87. The molecule has 0 spiro atoms. The Morgan fingerprint density at radius 2 is 1.89 bits per heavy atom. The van der Waals surface area contributed by atoms with Crippen LogP contribution in [0.15, 0.2) is 35.5 Å². The number of rotatable bonds is 3. The molecule has 3 nitrogen and oxygen atoms in total. The van der Waals surface area contributed by atoms with E-state index in [1.54, 1.807) is 31.5 Å². The number of pyridine rings is 1. The van der Waals surface area contributed by atoms with E-state index in [1.165, 1.54) is 0 Å². The molecular weight excluding hydrogens is 271 g/mol. The van der Waals surface area contributed by atoms with Gasteiger partial charge in [0.25, 0.3) is 0 Å². The smallest absolute Gasteiger partial charge is 0.213 e. The summed E-state index contributed by atoms with van der Waals surface area (Å²) in [5, 5.41) is 1.02. The van der Waals surface area contributed by atoms with E-state index in [0.717, 1.165) is 11.1 Å². The van der Waals surface area contributed by atoms with Crippen LogP contribution in [0.2, 0.25) is 10.0 Å². The fourth-order valence-corrected chi connectivity index (χ4v) is 2.30. The van der Waals surface area contributed by atoms with Crippen molar-refractivity contribution in [2.45, 2.75) is 0 Å². The largest absolute Gasteiger partial charge is 0.481 e. The van der Waals surface area contributed by atoms with Crippen molar-refractivity contribution in [1.29, 1.82) is 0 Å². The quantitative estimate of drug-likeness (QED) is 0.781. The summed E-state index contributed by atoms with van der Waals surface area (Å²) in [5.74, 6) is 0.505. The van der Waals surface area contributed by atoms with Crippen molar-refractivity contribution < 1.29 is 4.74 Å². The van der Waals surface area contributed by atoms with Crippen molar-refractivity contribution in [3.63, 3.8) is 0 Å². The first-order chi connectivity index (χ1) is 8.65. The van der Waals surface area contributed by atoms with Crippen molar-refractivity contribution in [2.75, 3.05) is 7.11 Å². The summed E-state index contributed by atoms with van der Waals surface area (Å²) in [6, 6.07) is 7.01. The molecule has 1 heterocycles. The SMILES string of the molecule is C=Nc1cc(Cl)c(-c2ccnc(OC)c2)c(Cl)c1. The van der Waals surface area contributed by atoms with Crippen LogP contribution in [-0.2, 0) is 0 Å². The third-order valence-electron chi connectivity index (χ3n) is 2.44. The van der Waals surface area contributed by atoms with E-state index in [-0.39, 0.29) is 0 Å². The topological polar surface area (TPSA) is 34.5 Å². The Bertz CT molecular complexity index is 576. The van der Waals surface area contributed by atoms with E-state index >= 15 is 0 Å². The number of ether oxygens (including phenoxy) is 1. The van der Waals surface area contributed by atoms with E-state index in [1.807, 2.05) is 6.07 Å². The second-order valence-electron chi connectivity index (χ2n) is 3.53. The molecule has 2 aromatic rings. The summed E-state index contributed by atoms with van der Waals surface area (Å²) in [5.41, 5.74) is 2.20. The molecular formula is C13H10Cl2N2O. The lowest BCUT2D eigenvalue weighted by atomic mass is 10.1. The number of nitrogens with zero attached hydrogens (tertiary/aromatic N) is 2. The molecule has 92 valence electrons. The molecule has 2 rings (SSSR count). The van der Waals surface area contributed by atoms with Crippen LogP contribution >= 0.6 is 23.2 Å². The number of aromatic nitrogens is 1. The van der Waals surface area contributed by atoms with Crippen LogP contribution in [0.4, 0.5) is 5.69 Å². The lowest BCUT2D eigenvalue weighted by molar-refractivity contribution is 0.398. The number of benzene rings is 1. The first-order valence-electron chi connectivity index (χ1n) is 5.12. The molecule has 0 unspecified atom stereocenters. The molecule has 0 bridgehead atoms. The third kappa shape index (κ3) is 2.47. The maximum atomic E-state index is 6.21. The number of hydrogen-bond acceptors (Lipinski definition) is 3. The van der Waals surface area contributed by atoms with Crippen molar-refractivity contribution in [3.05, 3.63) is 40.5 Å². The molecule has 1 aromatic carbocycles. The van der Waals surface area contributed by atoms with Gasteiger partial charge in [-0.05, 0) is 30.5 Å². The predicted octanol–water partition coefficient (Wildman–Crippen LogP) is 4.40. The number of methoxy groups -OCH3 is 1. The van der Waals surface area contributed by atoms with Crippen LogP contribution in [0.3, 0.4) is 0 Å². The zero-order valence-corrected chi connectivity index (χ0v) is 11.2. The van der Waals surface area contributed by atoms with Crippen molar-refractivity contribution >= 4 is 35.6 Å². The van der Waals surface area contributed by atoms with Gasteiger partial charge in [-0.2, -0.15) is 0 Å². The molecule has 0 aliphatic carbocycles. The minimum atomic E-state index is 0.505. The second-order valence-corrected chi connectivity index (χ2v) is 4.34. The van der Waals surface area contributed by atoms with Crippen LogP contribution in [0.1, 0.15) is 0 Å². The predicted molar refractivity (Wildman–Crippen MR) is 75.5 cm³/mol. The van der Waals surface area contributed by atoms with Gasteiger partial charge >= 0.3 is 0 Å². The molecule has 0 aliphatic rings. The monoisotopic (exact) mass is 280 g/mol. The van der Waals surface area contributed by atoms with E-state index < -0.39 is 0 Å². The zero-order chi connectivity index (χ0) is 13.1. The van der Waals surface area contributed by atoms with Crippen LogP contribution < -0.4 is 4.74 Å². The summed E-state index contributed by atoms with van der Waals surface area (Å²) in [4.78, 5) is 7.84. The minimum Gasteiger partial charge on any atom is -0.481 e. The summed E-state index contributed by atoms with van der Waals surface area (Å²) in [6.45, 7) is 3.45.